The van der Waals surface area contributed by atoms with Gasteiger partial charge in [-0.05, 0) is 77.6 Å². The first-order valence-corrected chi connectivity index (χ1v) is 11.0. The monoisotopic (exact) mass is 423 g/mol. The number of likely N-dealkylation sites (tertiary alicyclic amines) is 1. The minimum atomic E-state index is -0.579. The summed E-state index contributed by atoms with van der Waals surface area (Å²) in [6.45, 7) is 10.1. The minimum absolute atomic E-state index is 0.0166. The molecule has 0 unspecified atom stereocenters. The predicted molar refractivity (Wildman–Crippen MR) is 122 cm³/mol. The first kappa shape index (κ1) is 22.8. The number of piperidine rings is 1. The molecule has 6 heteroatoms. The van der Waals surface area contributed by atoms with Crippen LogP contribution in [0.1, 0.15) is 75.8 Å². The summed E-state index contributed by atoms with van der Waals surface area (Å²) in [7, 11) is 0. The van der Waals surface area contributed by atoms with Crippen LogP contribution < -0.4 is 4.90 Å². The molecule has 3 rings (SSSR count). The number of benzene rings is 1. The maximum atomic E-state index is 13.1. The summed E-state index contributed by atoms with van der Waals surface area (Å²) in [4.78, 5) is 33.9. The van der Waals surface area contributed by atoms with Crippen molar-refractivity contribution in [2.45, 2.75) is 71.6 Å². The highest BCUT2D eigenvalue weighted by molar-refractivity contribution is 5.94. The van der Waals surface area contributed by atoms with Crippen LogP contribution in [0.2, 0.25) is 0 Å². The van der Waals surface area contributed by atoms with Gasteiger partial charge in [-0.3, -0.25) is 9.69 Å². The van der Waals surface area contributed by atoms with Crippen molar-refractivity contribution in [2.75, 3.05) is 11.4 Å². The van der Waals surface area contributed by atoms with Crippen LogP contribution >= 0.6 is 0 Å². The van der Waals surface area contributed by atoms with Crippen LogP contribution in [0, 0.1) is 0 Å². The fourth-order valence-corrected chi connectivity index (χ4v) is 3.88. The van der Waals surface area contributed by atoms with Crippen molar-refractivity contribution < 1.29 is 14.3 Å². The Morgan fingerprint density at radius 2 is 1.81 bits per heavy atom. The summed E-state index contributed by atoms with van der Waals surface area (Å²) in [5.74, 6) is 0.594. The normalized spacial score (nSPS) is 16.8. The van der Waals surface area contributed by atoms with Crippen molar-refractivity contribution in [3.63, 3.8) is 0 Å². The molecule has 1 aromatic heterocycles. The van der Waals surface area contributed by atoms with Crippen molar-refractivity contribution in [1.82, 2.24) is 9.88 Å². The molecule has 1 atom stereocenters. The van der Waals surface area contributed by atoms with E-state index in [2.05, 4.69) is 4.98 Å². The Hall–Kier alpha value is -2.89. The predicted octanol–water partition coefficient (Wildman–Crippen LogP) is 5.60. The van der Waals surface area contributed by atoms with Gasteiger partial charge in [-0.1, -0.05) is 24.3 Å². The van der Waals surface area contributed by atoms with Crippen LogP contribution in [0.15, 0.2) is 48.7 Å². The molecule has 0 spiro atoms. The Morgan fingerprint density at radius 1 is 1.10 bits per heavy atom. The molecule has 0 bridgehead atoms. The average Bonchev–Trinajstić information content (AvgIpc) is 2.73. The zero-order chi connectivity index (χ0) is 22.6. The third-order valence-electron chi connectivity index (χ3n) is 5.29. The van der Waals surface area contributed by atoms with Gasteiger partial charge in [0.15, 0.2) is 0 Å². The number of aromatic nitrogens is 1. The lowest BCUT2D eigenvalue weighted by Gasteiger charge is -2.36. The van der Waals surface area contributed by atoms with E-state index in [1.54, 1.807) is 11.1 Å². The van der Waals surface area contributed by atoms with Gasteiger partial charge in [0, 0.05) is 24.3 Å². The molecule has 166 valence electrons. The van der Waals surface area contributed by atoms with E-state index in [1.165, 1.54) is 0 Å². The molecule has 1 aromatic carbocycles. The first-order valence-electron chi connectivity index (χ1n) is 11.0. The minimum Gasteiger partial charge on any atom is -0.443 e. The average molecular weight is 424 g/mol. The number of hydrogen-bond donors (Lipinski definition) is 0. The van der Waals surface area contributed by atoms with Crippen molar-refractivity contribution in [3.8, 4) is 0 Å². The van der Waals surface area contributed by atoms with Crippen molar-refractivity contribution in [1.29, 1.82) is 0 Å². The van der Waals surface area contributed by atoms with Gasteiger partial charge in [0.2, 0.25) is 0 Å². The molecule has 1 aliphatic rings. The highest BCUT2D eigenvalue weighted by Crippen LogP contribution is 2.32. The molecule has 1 fully saturated rings. The van der Waals surface area contributed by atoms with E-state index in [9.17, 15) is 9.59 Å². The van der Waals surface area contributed by atoms with Crippen molar-refractivity contribution in [3.05, 3.63) is 59.8 Å². The molecule has 1 aliphatic heterocycles. The number of hydrogen-bond acceptors (Lipinski definition) is 4. The van der Waals surface area contributed by atoms with E-state index < -0.39 is 11.7 Å². The summed E-state index contributed by atoms with van der Waals surface area (Å²) >= 11 is 0. The lowest BCUT2D eigenvalue weighted by atomic mass is 9.95. The third kappa shape index (κ3) is 5.63. The summed E-state index contributed by atoms with van der Waals surface area (Å²) in [5, 5.41) is 0. The number of pyridine rings is 1. The second kappa shape index (κ2) is 9.50. The lowest BCUT2D eigenvalue weighted by molar-refractivity contribution is 0.0568. The Bertz CT molecular complexity index is 888. The molecule has 1 saturated heterocycles. The number of carbonyl (C=O) groups excluding carboxylic acids is 2. The van der Waals surface area contributed by atoms with Gasteiger partial charge in [0.25, 0.3) is 5.91 Å². The van der Waals surface area contributed by atoms with Crippen LogP contribution in [-0.4, -0.2) is 40.1 Å². The molecule has 2 aromatic rings. The number of rotatable bonds is 4. The second-order valence-electron chi connectivity index (χ2n) is 9.27. The fraction of sp³-hybridized carbons (Fsp3) is 0.480. The zero-order valence-corrected chi connectivity index (χ0v) is 19.2. The van der Waals surface area contributed by atoms with Crippen molar-refractivity contribution in [2.24, 2.45) is 0 Å². The highest BCUT2D eigenvalue weighted by atomic mass is 16.6. The van der Waals surface area contributed by atoms with E-state index in [4.69, 9.17) is 4.74 Å². The molecule has 0 aliphatic carbocycles. The molecular formula is C25H33N3O3. The third-order valence-corrected chi connectivity index (χ3v) is 5.29. The van der Waals surface area contributed by atoms with Gasteiger partial charge in [-0.15, -0.1) is 0 Å². The van der Waals surface area contributed by atoms with E-state index in [-0.39, 0.29) is 18.0 Å². The number of amides is 2. The number of ether oxygens (including phenoxy) is 1. The maximum absolute atomic E-state index is 13.1. The molecule has 2 heterocycles. The Morgan fingerprint density at radius 3 is 2.39 bits per heavy atom. The van der Waals surface area contributed by atoms with Crippen LogP contribution in [0.5, 0.6) is 0 Å². The molecule has 6 nitrogen and oxygen atoms in total. The summed E-state index contributed by atoms with van der Waals surface area (Å²) in [6, 6.07) is 13.1. The van der Waals surface area contributed by atoms with E-state index in [0.29, 0.717) is 11.4 Å². The van der Waals surface area contributed by atoms with E-state index in [0.717, 1.165) is 31.4 Å². The van der Waals surface area contributed by atoms with E-state index >= 15 is 0 Å². The fourth-order valence-electron chi connectivity index (χ4n) is 3.88. The standard InChI is InChI=1S/C25H33N3O3/c1-18(2)28(24(30)31-25(3,4)5)22-15-14-20(17-26-22)21-13-9-10-16-27(21)23(29)19-11-7-6-8-12-19/h6-8,11-12,14-15,17-18,21H,9-10,13,16H2,1-5H3/t21-/m0/s1. The van der Waals surface area contributed by atoms with Crippen molar-refractivity contribution >= 4 is 17.8 Å². The van der Waals surface area contributed by atoms with E-state index in [1.807, 2.05) is 82.0 Å². The number of nitrogens with zero attached hydrogens (tertiary/aromatic N) is 3. The molecule has 31 heavy (non-hydrogen) atoms. The second-order valence-corrected chi connectivity index (χ2v) is 9.27. The van der Waals surface area contributed by atoms with Gasteiger partial charge < -0.3 is 9.64 Å². The Labute approximate surface area is 185 Å². The summed E-state index contributed by atoms with van der Waals surface area (Å²) < 4.78 is 5.55. The number of carbonyl (C=O) groups is 2. The molecule has 0 saturated carbocycles. The Balaban J connectivity index is 1.83. The topological polar surface area (TPSA) is 62.7 Å². The van der Waals surface area contributed by atoms with Gasteiger partial charge >= 0.3 is 6.09 Å². The molecule has 2 amide bonds. The lowest BCUT2D eigenvalue weighted by Crippen LogP contribution is -2.41. The van der Waals surface area contributed by atoms with Gasteiger partial charge in [-0.2, -0.15) is 0 Å². The molecule has 0 radical (unpaired) electrons. The zero-order valence-electron chi connectivity index (χ0n) is 19.2. The van der Waals surface area contributed by atoms with Gasteiger partial charge in [0.05, 0.1) is 6.04 Å². The summed E-state index contributed by atoms with van der Waals surface area (Å²) in [6.07, 6.45) is 4.35. The van der Waals surface area contributed by atoms with Gasteiger partial charge in [-0.25, -0.2) is 9.78 Å². The highest BCUT2D eigenvalue weighted by Gasteiger charge is 2.30. The molecule has 0 N–H and O–H groups in total. The van der Waals surface area contributed by atoms with Crippen LogP contribution in [-0.2, 0) is 4.74 Å². The summed E-state index contributed by atoms with van der Waals surface area (Å²) in [5.41, 5.74) is 1.11. The van der Waals surface area contributed by atoms with Gasteiger partial charge in [0.1, 0.15) is 11.4 Å². The van der Waals surface area contributed by atoms with Crippen LogP contribution in [0.3, 0.4) is 0 Å². The molecular weight excluding hydrogens is 390 g/mol. The smallest absolute Gasteiger partial charge is 0.416 e. The SMILES string of the molecule is CC(C)N(C(=O)OC(C)(C)C)c1ccc([C@@H]2CCCCN2C(=O)c2ccccc2)cn1. The van der Waals surface area contributed by atoms with Crippen LogP contribution in [0.4, 0.5) is 10.6 Å². The number of anilines is 1. The van der Waals surface area contributed by atoms with Crippen LogP contribution in [0.25, 0.3) is 0 Å². The Kier molecular flexibility index (Phi) is 6.98. The first-order chi connectivity index (χ1) is 14.7. The quantitative estimate of drug-likeness (QED) is 0.642. The largest absolute Gasteiger partial charge is 0.443 e. The maximum Gasteiger partial charge on any atom is 0.416 e.